The Labute approximate surface area is 107 Å². The molecule has 0 fully saturated rings. The smallest absolute Gasteiger partial charge is 0.170 e. The number of aliphatic hydroxyl groups is 1. The number of hydrogen-bond donors (Lipinski definition) is 1. The third kappa shape index (κ3) is 5.48. The molecule has 0 aliphatic rings. The van der Waals surface area contributed by atoms with Crippen LogP contribution in [0, 0.1) is 6.92 Å². The van der Waals surface area contributed by atoms with Crippen LogP contribution in [0.5, 0.6) is 0 Å². The summed E-state index contributed by atoms with van der Waals surface area (Å²) in [6.07, 6.45) is 0.558. The van der Waals surface area contributed by atoms with Gasteiger partial charge in [-0.05, 0) is 30.0 Å². The Morgan fingerprint density at radius 1 is 1.18 bits per heavy atom. The van der Waals surface area contributed by atoms with Crippen LogP contribution in [-0.4, -0.2) is 20.7 Å². The molecule has 0 aromatic heterocycles. The molecule has 3 heteroatoms. The summed E-state index contributed by atoms with van der Waals surface area (Å²) in [6, 6.07) is 8.12. The van der Waals surface area contributed by atoms with Crippen molar-refractivity contribution in [1.82, 2.24) is 0 Å². The van der Waals surface area contributed by atoms with Crippen molar-refractivity contribution >= 4 is 9.76 Å². The van der Waals surface area contributed by atoms with Crippen LogP contribution in [0.3, 0.4) is 0 Å². The minimum Gasteiger partial charge on any atom is -0.397 e. The molecule has 0 heterocycles. The number of benzene rings is 1. The van der Waals surface area contributed by atoms with E-state index in [1.807, 2.05) is 18.2 Å². The Morgan fingerprint density at radius 3 is 2.29 bits per heavy atom. The Hall–Kier alpha value is -0.643. The Morgan fingerprint density at radius 2 is 1.76 bits per heavy atom. The minimum absolute atomic E-state index is 0.204. The van der Waals surface area contributed by atoms with Gasteiger partial charge in [0, 0.05) is 6.42 Å². The second-order valence-corrected chi connectivity index (χ2v) is 8.83. The topological polar surface area (TPSA) is 29.5 Å². The highest BCUT2D eigenvalue weighted by Crippen LogP contribution is 2.24. The molecule has 0 bridgehead atoms. The van der Waals surface area contributed by atoms with Gasteiger partial charge in [-0.3, -0.25) is 0 Å². The maximum absolute atomic E-state index is 10.3. The van der Waals surface area contributed by atoms with E-state index in [9.17, 15) is 5.11 Å². The van der Waals surface area contributed by atoms with Crippen LogP contribution < -0.4 is 0 Å². The molecule has 2 nitrogen and oxygen atoms in total. The van der Waals surface area contributed by atoms with Crippen LogP contribution in [0.1, 0.15) is 38.8 Å². The number of rotatable bonds is 4. The molecule has 1 aromatic carbocycles. The highest BCUT2D eigenvalue weighted by atomic mass is 28.2. The summed E-state index contributed by atoms with van der Waals surface area (Å²) < 4.78 is 5.75. The maximum atomic E-state index is 10.3. The van der Waals surface area contributed by atoms with E-state index >= 15 is 0 Å². The van der Waals surface area contributed by atoms with E-state index in [0.29, 0.717) is 6.42 Å². The lowest BCUT2D eigenvalue weighted by Crippen LogP contribution is -2.35. The van der Waals surface area contributed by atoms with E-state index in [4.69, 9.17) is 4.43 Å². The lowest BCUT2D eigenvalue weighted by Gasteiger charge is -2.29. The van der Waals surface area contributed by atoms with Gasteiger partial charge in [0.15, 0.2) is 15.6 Å². The molecule has 96 valence electrons. The molecule has 0 aliphatic heterocycles. The van der Waals surface area contributed by atoms with Crippen LogP contribution in [0.4, 0.5) is 0 Å². The van der Waals surface area contributed by atoms with Crippen molar-refractivity contribution < 1.29 is 9.53 Å². The first kappa shape index (κ1) is 14.4. The predicted molar refractivity (Wildman–Crippen MR) is 74.9 cm³/mol. The summed E-state index contributed by atoms with van der Waals surface area (Å²) >= 11 is 0. The van der Waals surface area contributed by atoms with Crippen LogP contribution in [-0.2, 0) is 10.8 Å². The van der Waals surface area contributed by atoms with Crippen molar-refractivity contribution in [3.05, 3.63) is 35.4 Å². The van der Waals surface area contributed by atoms with E-state index < -0.39 is 15.6 Å². The number of hydrogen-bond acceptors (Lipinski definition) is 2. The quantitative estimate of drug-likeness (QED) is 0.659. The summed E-state index contributed by atoms with van der Waals surface area (Å²) in [6.45, 7) is 10.3. The lowest BCUT2D eigenvalue weighted by molar-refractivity contribution is -0.121. The molecule has 0 saturated heterocycles. The molecule has 1 N–H and O–H groups in total. The van der Waals surface area contributed by atoms with E-state index in [-0.39, 0.29) is 5.04 Å². The fourth-order valence-corrected chi connectivity index (χ4v) is 2.43. The largest absolute Gasteiger partial charge is 0.397 e. The first-order valence-electron chi connectivity index (χ1n) is 6.10. The van der Waals surface area contributed by atoms with Gasteiger partial charge in [0.25, 0.3) is 0 Å². The molecular formula is C14H24O2Si. The standard InChI is InChI=1S/C14H24O2Si/c1-11-8-6-7-9-12(11)10-14(5,15)16-17-13(2,3)4/h6-9,15H,10,17H2,1-5H3. The van der Waals surface area contributed by atoms with E-state index in [0.717, 1.165) is 5.56 Å². The van der Waals surface area contributed by atoms with Crippen LogP contribution in [0.15, 0.2) is 24.3 Å². The van der Waals surface area contributed by atoms with Gasteiger partial charge in [0.1, 0.15) is 0 Å². The fourth-order valence-electron chi connectivity index (χ4n) is 1.58. The van der Waals surface area contributed by atoms with E-state index in [1.54, 1.807) is 6.92 Å². The summed E-state index contributed by atoms with van der Waals surface area (Å²) in [5, 5.41) is 10.5. The van der Waals surface area contributed by atoms with Gasteiger partial charge < -0.3 is 9.53 Å². The van der Waals surface area contributed by atoms with Crippen molar-refractivity contribution in [1.29, 1.82) is 0 Å². The molecule has 0 radical (unpaired) electrons. The first-order valence-corrected chi connectivity index (χ1v) is 7.39. The molecule has 17 heavy (non-hydrogen) atoms. The molecule has 0 aliphatic carbocycles. The van der Waals surface area contributed by atoms with Crippen molar-refractivity contribution in [3.8, 4) is 0 Å². The van der Waals surface area contributed by atoms with Gasteiger partial charge in [-0.1, -0.05) is 45.0 Å². The number of aryl methyl sites for hydroxylation is 1. The monoisotopic (exact) mass is 252 g/mol. The van der Waals surface area contributed by atoms with Crippen LogP contribution in [0.25, 0.3) is 0 Å². The van der Waals surface area contributed by atoms with Crippen molar-refractivity contribution in [2.24, 2.45) is 0 Å². The zero-order chi connectivity index (χ0) is 13.1. The molecule has 1 atom stereocenters. The normalized spacial score (nSPS) is 16.4. The van der Waals surface area contributed by atoms with E-state index in [2.05, 4.69) is 33.8 Å². The second-order valence-electron chi connectivity index (χ2n) is 6.13. The average Bonchev–Trinajstić information content (AvgIpc) is 2.18. The maximum Gasteiger partial charge on any atom is 0.170 e. The zero-order valence-electron chi connectivity index (χ0n) is 11.6. The SMILES string of the molecule is Cc1ccccc1CC(C)(O)O[SiH2]C(C)(C)C. The Balaban J connectivity index is 2.64. The lowest BCUT2D eigenvalue weighted by atomic mass is 10.0. The molecular weight excluding hydrogens is 228 g/mol. The zero-order valence-corrected chi connectivity index (χ0v) is 13.0. The van der Waals surface area contributed by atoms with Crippen molar-refractivity contribution in [2.75, 3.05) is 0 Å². The summed E-state index contributed by atoms with van der Waals surface area (Å²) in [5.41, 5.74) is 2.36. The molecule has 1 rings (SSSR count). The first-order chi connectivity index (χ1) is 7.70. The van der Waals surface area contributed by atoms with Crippen molar-refractivity contribution in [3.63, 3.8) is 0 Å². The van der Waals surface area contributed by atoms with Crippen LogP contribution in [0.2, 0.25) is 5.04 Å². The average molecular weight is 252 g/mol. The van der Waals surface area contributed by atoms with Gasteiger partial charge in [-0.15, -0.1) is 0 Å². The summed E-state index contributed by atoms with van der Waals surface area (Å²) in [4.78, 5) is 0. The van der Waals surface area contributed by atoms with Crippen molar-refractivity contribution in [2.45, 2.75) is 51.9 Å². The summed E-state index contributed by atoms with van der Waals surface area (Å²) in [7, 11) is -0.733. The van der Waals surface area contributed by atoms with Gasteiger partial charge >= 0.3 is 0 Å². The van der Waals surface area contributed by atoms with Gasteiger partial charge in [0.2, 0.25) is 0 Å². The Kier molecular flexibility index (Phi) is 4.53. The summed E-state index contributed by atoms with van der Waals surface area (Å²) in [5.74, 6) is -1.04. The third-order valence-corrected chi connectivity index (χ3v) is 4.23. The molecule has 1 unspecified atom stereocenters. The fraction of sp³-hybridized carbons (Fsp3) is 0.571. The second kappa shape index (κ2) is 5.34. The van der Waals surface area contributed by atoms with Gasteiger partial charge in [-0.2, -0.15) is 0 Å². The molecule has 0 saturated carbocycles. The van der Waals surface area contributed by atoms with Gasteiger partial charge in [-0.25, -0.2) is 0 Å². The van der Waals surface area contributed by atoms with Gasteiger partial charge in [0.05, 0.1) is 0 Å². The highest BCUT2D eigenvalue weighted by Gasteiger charge is 2.25. The molecule has 0 amide bonds. The predicted octanol–water partition coefficient (Wildman–Crippen LogP) is 2.56. The Bertz CT molecular complexity index is 367. The minimum atomic E-state index is -1.04. The molecule has 1 aromatic rings. The highest BCUT2D eigenvalue weighted by molar-refractivity contribution is 6.31. The molecule has 0 spiro atoms. The van der Waals surface area contributed by atoms with E-state index in [1.165, 1.54) is 5.56 Å². The third-order valence-electron chi connectivity index (χ3n) is 2.60. The van der Waals surface area contributed by atoms with Crippen LogP contribution >= 0.6 is 0 Å².